The number of halogens is 2. The van der Waals surface area contributed by atoms with Gasteiger partial charge in [0.2, 0.25) is 5.91 Å². The van der Waals surface area contributed by atoms with Crippen LogP contribution in [0.1, 0.15) is 17.5 Å². The number of rotatable bonds is 5. The lowest BCUT2D eigenvalue weighted by molar-refractivity contribution is -0.116. The average molecular weight is 456 g/mol. The van der Waals surface area contributed by atoms with Crippen molar-refractivity contribution in [3.05, 3.63) is 91.5 Å². The van der Waals surface area contributed by atoms with Crippen molar-refractivity contribution in [3.8, 4) is 17.6 Å². The van der Waals surface area contributed by atoms with Gasteiger partial charge in [0.05, 0.1) is 6.54 Å². The minimum absolute atomic E-state index is 0.0145. The second-order valence-electron chi connectivity index (χ2n) is 6.93. The Morgan fingerprint density at radius 3 is 2.66 bits per heavy atom. The van der Waals surface area contributed by atoms with Crippen molar-refractivity contribution in [2.45, 2.75) is 19.4 Å². The van der Waals surface area contributed by atoms with Gasteiger partial charge < -0.3 is 10.4 Å². The van der Waals surface area contributed by atoms with Crippen molar-refractivity contribution < 1.29 is 14.3 Å². The van der Waals surface area contributed by atoms with Gasteiger partial charge in [-0.1, -0.05) is 41.6 Å². The zero-order chi connectivity index (χ0) is 23.3. The molecule has 7 nitrogen and oxygen atoms in total. The van der Waals surface area contributed by atoms with Gasteiger partial charge in [-0.25, -0.2) is 9.18 Å². The molecule has 0 atom stereocenters. The molecule has 9 heteroatoms. The molecular formula is C23H19ClFN3O4. The maximum atomic E-state index is 13.3. The number of phenols is 1. The molecule has 164 valence electrons. The summed E-state index contributed by atoms with van der Waals surface area (Å²) in [6.07, 6.45) is 0.246. The third-order valence-electron chi connectivity index (χ3n) is 4.59. The predicted octanol–water partition coefficient (Wildman–Crippen LogP) is 2.67. The van der Waals surface area contributed by atoms with Crippen molar-refractivity contribution in [2.24, 2.45) is 7.05 Å². The van der Waals surface area contributed by atoms with E-state index >= 15 is 0 Å². The average Bonchev–Trinajstić information content (AvgIpc) is 2.76. The maximum absolute atomic E-state index is 13.3. The molecule has 1 amide bonds. The van der Waals surface area contributed by atoms with Crippen LogP contribution in [0.4, 0.5) is 10.1 Å². The Labute approximate surface area is 187 Å². The van der Waals surface area contributed by atoms with E-state index in [1.807, 2.05) is 0 Å². The maximum Gasteiger partial charge on any atom is 0.332 e. The molecule has 0 fully saturated rings. The molecule has 0 bridgehead atoms. The fourth-order valence-electron chi connectivity index (χ4n) is 2.94. The molecule has 0 spiro atoms. The van der Waals surface area contributed by atoms with E-state index in [-0.39, 0.29) is 36.0 Å². The standard InChI is InChI=1S/C23H19ClFN3O4/c1-27-22(31)20(26-19(30)11-10-16-5-2-8-17(25)13-16)21(24)28(23(27)32)12-4-7-15-6-3-9-18(29)14-15/h2-3,5-6,8-9,13-14,29H,10-12H2,1H3,(H,26,30). The van der Waals surface area contributed by atoms with E-state index < -0.39 is 23.0 Å². The Bertz CT molecular complexity index is 1350. The molecule has 0 saturated carbocycles. The highest BCUT2D eigenvalue weighted by molar-refractivity contribution is 6.32. The summed E-state index contributed by atoms with van der Waals surface area (Å²) in [4.78, 5) is 37.3. The zero-order valence-electron chi connectivity index (χ0n) is 17.1. The van der Waals surface area contributed by atoms with E-state index in [4.69, 9.17) is 11.6 Å². The monoisotopic (exact) mass is 455 g/mol. The number of aryl methyl sites for hydroxylation is 1. The first-order valence-corrected chi connectivity index (χ1v) is 9.95. The van der Waals surface area contributed by atoms with Gasteiger partial charge in [0.25, 0.3) is 5.56 Å². The first-order valence-electron chi connectivity index (χ1n) is 9.58. The van der Waals surface area contributed by atoms with Gasteiger partial charge in [0, 0.05) is 19.0 Å². The number of carbonyl (C=O) groups is 1. The van der Waals surface area contributed by atoms with E-state index in [1.165, 1.54) is 31.3 Å². The Hall–Kier alpha value is -3.83. The van der Waals surface area contributed by atoms with Crippen molar-refractivity contribution >= 4 is 23.2 Å². The molecule has 0 unspecified atom stereocenters. The third kappa shape index (κ3) is 5.45. The predicted molar refractivity (Wildman–Crippen MR) is 119 cm³/mol. The lowest BCUT2D eigenvalue weighted by Gasteiger charge is -2.13. The van der Waals surface area contributed by atoms with Crippen molar-refractivity contribution in [3.63, 3.8) is 0 Å². The van der Waals surface area contributed by atoms with Crippen molar-refractivity contribution in [2.75, 3.05) is 5.32 Å². The molecule has 0 saturated heterocycles. The van der Waals surface area contributed by atoms with Gasteiger partial charge in [0.1, 0.15) is 22.4 Å². The normalized spacial score (nSPS) is 10.3. The third-order valence-corrected chi connectivity index (χ3v) is 4.98. The van der Waals surface area contributed by atoms with E-state index in [0.29, 0.717) is 11.1 Å². The van der Waals surface area contributed by atoms with Crippen LogP contribution in [-0.2, 0) is 24.8 Å². The number of phenolic OH excluding ortho intramolecular Hbond substituents is 1. The Morgan fingerprint density at radius 1 is 1.19 bits per heavy atom. The summed E-state index contributed by atoms with van der Waals surface area (Å²) < 4.78 is 15.2. The molecule has 3 rings (SSSR count). The summed E-state index contributed by atoms with van der Waals surface area (Å²) in [6, 6.07) is 12.1. The second-order valence-corrected chi connectivity index (χ2v) is 7.29. The molecule has 0 radical (unpaired) electrons. The zero-order valence-corrected chi connectivity index (χ0v) is 17.8. The number of aromatic hydroxyl groups is 1. The second kappa shape index (κ2) is 9.98. The van der Waals surface area contributed by atoms with Gasteiger partial charge in [-0.05, 0) is 42.3 Å². The smallest absolute Gasteiger partial charge is 0.332 e. The number of aromatic nitrogens is 2. The van der Waals surface area contributed by atoms with Gasteiger partial charge in [-0.15, -0.1) is 0 Å². The lowest BCUT2D eigenvalue weighted by Crippen LogP contribution is -2.40. The van der Waals surface area contributed by atoms with Crippen LogP contribution in [0.25, 0.3) is 0 Å². The molecule has 1 aromatic heterocycles. The van der Waals surface area contributed by atoms with Gasteiger partial charge in [-0.2, -0.15) is 0 Å². The summed E-state index contributed by atoms with van der Waals surface area (Å²) in [5.41, 5.74) is -0.521. The van der Waals surface area contributed by atoms with Gasteiger partial charge in [-0.3, -0.25) is 18.7 Å². The summed E-state index contributed by atoms with van der Waals surface area (Å²) in [7, 11) is 1.27. The molecular weight excluding hydrogens is 437 g/mol. The topological polar surface area (TPSA) is 93.3 Å². The molecule has 0 aliphatic heterocycles. The van der Waals surface area contributed by atoms with E-state index in [1.54, 1.807) is 24.3 Å². The highest BCUT2D eigenvalue weighted by Gasteiger charge is 2.17. The molecule has 3 aromatic rings. The number of benzene rings is 2. The van der Waals surface area contributed by atoms with Crippen LogP contribution < -0.4 is 16.6 Å². The number of hydrogen-bond donors (Lipinski definition) is 2. The number of hydrogen-bond acceptors (Lipinski definition) is 4. The first-order chi connectivity index (χ1) is 15.3. The number of carbonyl (C=O) groups excluding carboxylic acids is 1. The molecule has 2 aromatic carbocycles. The fraction of sp³-hybridized carbons (Fsp3) is 0.174. The summed E-state index contributed by atoms with van der Waals surface area (Å²) in [5, 5.41) is 11.7. The quantitative estimate of drug-likeness (QED) is 0.457. The highest BCUT2D eigenvalue weighted by Crippen LogP contribution is 2.16. The van der Waals surface area contributed by atoms with Crippen LogP contribution in [0.2, 0.25) is 5.15 Å². The number of amides is 1. The van der Waals surface area contributed by atoms with Crippen molar-refractivity contribution in [1.29, 1.82) is 0 Å². The van der Waals surface area contributed by atoms with Crippen LogP contribution in [-0.4, -0.2) is 20.1 Å². The van der Waals surface area contributed by atoms with E-state index in [9.17, 15) is 23.9 Å². The van der Waals surface area contributed by atoms with Gasteiger partial charge in [0.15, 0.2) is 0 Å². The minimum Gasteiger partial charge on any atom is -0.508 e. The Kier molecular flexibility index (Phi) is 7.13. The van der Waals surface area contributed by atoms with Crippen LogP contribution in [0, 0.1) is 17.7 Å². The van der Waals surface area contributed by atoms with Crippen LogP contribution in [0.3, 0.4) is 0 Å². The Morgan fingerprint density at radius 2 is 1.94 bits per heavy atom. The molecule has 32 heavy (non-hydrogen) atoms. The van der Waals surface area contributed by atoms with Crippen LogP contribution in [0.5, 0.6) is 5.75 Å². The fourth-order valence-corrected chi connectivity index (χ4v) is 3.20. The van der Waals surface area contributed by atoms with E-state index in [2.05, 4.69) is 17.2 Å². The van der Waals surface area contributed by atoms with Crippen LogP contribution >= 0.6 is 11.6 Å². The number of nitrogens with zero attached hydrogens (tertiary/aromatic N) is 2. The molecule has 0 aliphatic carbocycles. The lowest BCUT2D eigenvalue weighted by atomic mass is 10.1. The summed E-state index contributed by atoms with van der Waals surface area (Å²) >= 11 is 6.26. The largest absolute Gasteiger partial charge is 0.508 e. The molecule has 1 heterocycles. The SMILES string of the molecule is Cn1c(=O)c(NC(=O)CCc2cccc(F)c2)c(Cl)n(CC#Cc2cccc(O)c2)c1=O. The number of anilines is 1. The Balaban J connectivity index is 1.81. The first kappa shape index (κ1) is 22.8. The van der Waals surface area contributed by atoms with Crippen molar-refractivity contribution in [1.82, 2.24) is 9.13 Å². The number of nitrogens with one attached hydrogen (secondary N) is 1. The highest BCUT2D eigenvalue weighted by atomic mass is 35.5. The minimum atomic E-state index is -0.753. The van der Waals surface area contributed by atoms with E-state index in [0.717, 1.165) is 9.13 Å². The molecule has 0 aliphatic rings. The summed E-state index contributed by atoms with van der Waals surface area (Å²) in [5.74, 6) is 4.69. The molecule has 2 N–H and O–H groups in total. The van der Waals surface area contributed by atoms with Gasteiger partial charge >= 0.3 is 5.69 Å². The summed E-state index contributed by atoms with van der Waals surface area (Å²) in [6.45, 7) is -0.145. The van der Waals surface area contributed by atoms with Crippen LogP contribution in [0.15, 0.2) is 58.1 Å².